The maximum atomic E-state index is 13.4. The molecule has 22 heavy (non-hydrogen) atoms. The van der Waals surface area contributed by atoms with Crippen LogP contribution in [-0.4, -0.2) is 17.2 Å². The van der Waals surface area contributed by atoms with Gasteiger partial charge in [-0.05, 0) is 34.9 Å². The molecule has 3 rings (SSSR count). The minimum Gasteiger partial charge on any atom is -0.494 e. The molecule has 0 spiro atoms. The molecule has 0 atom stereocenters. The first-order valence-corrected chi connectivity index (χ1v) is 6.75. The van der Waals surface area contributed by atoms with Crippen molar-refractivity contribution in [2.24, 2.45) is 0 Å². The molecule has 2 aromatic rings. The van der Waals surface area contributed by atoms with E-state index in [9.17, 15) is 14.3 Å². The summed E-state index contributed by atoms with van der Waals surface area (Å²) in [5.41, 5.74) is 1.44. The molecule has 1 heterocycles. The summed E-state index contributed by atoms with van der Waals surface area (Å²) >= 11 is 0. The van der Waals surface area contributed by atoms with E-state index in [1.807, 2.05) is 12.2 Å². The van der Waals surface area contributed by atoms with E-state index in [1.54, 1.807) is 18.2 Å². The van der Waals surface area contributed by atoms with Gasteiger partial charge in [0.05, 0.1) is 7.11 Å². The number of hydrogen-bond donors (Lipinski definition) is 2. The number of aromatic hydroxyl groups is 1. The summed E-state index contributed by atoms with van der Waals surface area (Å²) in [5.74, 6) is -0.396. The van der Waals surface area contributed by atoms with E-state index in [0.29, 0.717) is 16.9 Å². The highest BCUT2D eigenvalue weighted by Gasteiger charge is 2.06. The Kier molecular flexibility index (Phi) is 3.55. The van der Waals surface area contributed by atoms with Gasteiger partial charge < -0.3 is 9.84 Å². The second-order valence-electron chi connectivity index (χ2n) is 5.02. The monoisotopic (exact) mass is 299 g/mol. The Morgan fingerprint density at radius 2 is 2.18 bits per heavy atom. The molecule has 0 unspecified atom stereocenters. The molecular formula is C17H14FNO3. The zero-order valence-corrected chi connectivity index (χ0v) is 11.9. The number of aromatic amines is 1. The number of pyridine rings is 1. The lowest BCUT2D eigenvalue weighted by molar-refractivity contribution is 0.386. The molecule has 5 heteroatoms. The summed E-state index contributed by atoms with van der Waals surface area (Å²) in [5, 5.41) is 10.7. The van der Waals surface area contributed by atoms with Crippen LogP contribution >= 0.6 is 0 Å². The highest BCUT2D eigenvalue weighted by Crippen LogP contribution is 2.21. The zero-order chi connectivity index (χ0) is 15.7. The average Bonchev–Trinajstić information content (AvgIpc) is 2.48. The second-order valence-corrected chi connectivity index (χ2v) is 5.02. The molecule has 0 aliphatic heterocycles. The SMILES string of the molecule is COc1cc(C=C2C=c3cc(O)[nH]c(=O)c3=CC2)ccc1F. The van der Waals surface area contributed by atoms with Crippen LogP contribution in [0.1, 0.15) is 12.0 Å². The van der Waals surface area contributed by atoms with Gasteiger partial charge in [-0.1, -0.05) is 24.3 Å². The molecule has 0 radical (unpaired) electrons. The fourth-order valence-corrected chi connectivity index (χ4v) is 2.47. The van der Waals surface area contributed by atoms with Crippen molar-refractivity contribution in [3.05, 3.63) is 62.0 Å². The van der Waals surface area contributed by atoms with Gasteiger partial charge in [-0.25, -0.2) is 4.39 Å². The third-order valence-electron chi connectivity index (χ3n) is 3.50. The van der Waals surface area contributed by atoms with E-state index < -0.39 is 5.82 Å². The first kappa shape index (κ1) is 14.1. The number of aromatic nitrogens is 1. The maximum absolute atomic E-state index is 13.4. The molecule has 0 amide bonds. The Labute approximate surface area is 125 Å². The van der Waals surface area contributed by atoms with Gasteiger partial charge >= 0.3 is 0 Å². The van der Waals surface area contributed by atoms with Crippen LogP contribution in [0.3, 0.4) is 0 Å². The van der Waals surface area contributed by atoms with Gasteiger partial charge in [-0.2, -0.15) is 0 Å². The van der Waals surface area contributed by atoms with Gasteiger partial charge in [0.15, 0.2) is 17.4 Å². The Bertz CT molecular complexity index is 941. The molecule has 4 nitrogen and oxygen atoms in total. The molecule has 0 fully saturated rings. The predicted molar refractivity (Wildman–Crippen MR) is 82.5 cm³/mol. The van der Waals surface area contributed by atoms with Gasteiger partial charge in [0.2, 0.25) is 0 Å². The lowest BCUT2D eigenvalue weighted by Gasteiger charge is -2.07. The number of hydrogen-bond acceptors (Lipinski definition) is 3. The minimum atomic E-state index is -0.411. The summed E-state index contributed by atoms with van der Waals surface area (Å²) < 4.78 is 18.4. The number of ether oxygens (including phenoxy) is 1. The van der Waals surface area contributed by atoms with Crippen molar-refractivity contribution in [2.75, 3.05) is 7.11 Å². The molecule has 1 aliphatic carbocycles. The fraction of sp³-hybridized carbons (Fsp3) is 0.118. The minimum absolute atomic E-state index is 0.168. The number of allylic oxidation sites excluding steroid dienone is 1. The highest BCUT2D eigenvalue weighted by atomic mass is 19.1. The van der Waals surface area contributed by atoms with Gasteiger partial charge in [0.25, 0.3) is 5.56 Å². The molecule has 2 N–H and O–H groups in total. The van der Waals surface area contributed by atoms with Crippen molar-refractivity contribution >= 4 is 18.2 Å². The number of benzene rings is 1. The number of fused-ring (bicyclic) bond motifs is 1. The van der Waals surface area contributed by atoms with Crippen LogP contribution in [0.15, 0.2) is 34.6 Å². The Balaban J connectivity index is 2.07. The van der Waals surface area contributed by atoms with Gasteiger partial charge in [-0.15, -0.1) is 0 Å². The average molecular weight is 299 g/mol. The van der Waals surface area contributed by atoms with E-state index in [2.05, 4.69) is 4.98 Å². The van der Waals surface area contributed by atoms with Crippen molar-refractivity contribution < 1.29 is 14.2 Å². The summed E-state index contributed by atoms with van der Waals surface area (Å²) in [4.78, 5) is 14.1. The van der Waals surface area contributed by atoms with Crippen molar-refractivity contribution in [1.82, 2.24) is 4.98 Å². The first-order valence-electron chi connectivity index (χ1n) is 6.75. The zero-order valence-electron chi connectivity index (χ0n) is 11.9. The van der Waals surface area contributed by atoms with E-state index in [4.69, 9.17) is 4.74 Å². The quantitative estimate of drug-likeness (QED) is 0.878. The second kappa shape index (κ2) is 5.52. The van der Waals surface area contributed by atoms with Crippen LogP contribution in [0.4, 0.5) is 4.39 Å². The van der Waals surface area contributed by atoms with Crippen molar-refractivity contribution in [3.63, 3.8) is 0 Å². The van der Waals surface area contributed by atoms with Crippen LogP contribution in [0, 0.1) is 5.82 Å². The summed E-state index contributed by atoms with van der Waals surface area (Å²) in [6.07, 6.45) is 6.11. The van der Waals surface area contributed by atoms with Gasteiger partial charge in [0, 0.05) is 11.3 Å². The summed E-state index contributed by atoms with van der Waals surface area (Å²) in [6, 6.07) is 6.12. The number of halogens is 1. The first-order chi connectivity index (χ1) is 10.6. The molecular weight excluding hydrogens is 285 g/mol. The Morgan fingerprint density at radius 1 is 1.36 bits per heavy atom. The van der Waals surface area contributed by atoms with Crippen LogP contribution in [0.25, 0.3) is 18.2 Å². The number of H-pyrrole nitrogens is 1. The van der Waals surface area contributed by atoms with Crippen LogP contribution in [0.5, 0.6) is 11.6 Å². The van der Waals surface area contributed by atoms with Crippen LogP contribution in [-0.2, 0) is 0 Å². The summed E-state index contributed by atoms with van der Waals surface area (Å²) in [7, 11) is 1.42. The smallest absolute Gasteiger partial charge is 0.258 e. The van der Waals surface area contributed by atoms with E-state index in [0.717, 1.165) is 11.1 Å². The molecule has 112 valence electrons. The lowest BCUT2D eigenvalue weighted by Crippen LogP contribution is -2.41. The molecule has 1 aromatic heterocycles. The Morgan fingerprint density at radius 3 is 2.95 bits per heavy atom. The Hall–Kier alpha value is -2.82. The molecule has 0 bridgehead atoms. The maximum Gasteiger partial charge on any atom is 0.258 e. The van der Waals surface area contributed by atoms with E-state index in [1.165, 1.54) is 19.2 Å². The van der Waals surface area contributed by atoms with Crippen molar-refractivity contribution in [2.45, 2.75) is 6.42 Å². The number of methoxy groups -OCH3 is 1. The number of nitrogens with one attached hydrogen (secondary N) is 1. The lowest BCUT2D eigenvalue weighted by atomic mass is 10.0. The third kappa shape index (κ3) is 2.65. The standard InChI is InChI=1S/C17H14FNO3/c1-22-15-8-11(3-5-14(15)18)6-10-2-4-13-12(7-10)9-16(20)19-17(13)21/h3-9,20H,2H2,1H3,(H,19,21). The number of rotatable bonds is 2. The molecule has 1 aliphatic rings. The normalized spacial score (nSPS) is 14.9. The van der Waals surface area contributed by atoms with E-state index >= 15 is 0 Å². The predicted octanol–water partition coefficient (Wildman–Crippen LogP) is 1.28. The molecule has 0 saturated heterocycles. The van der Waals surface area contributed by atoms with Crippen LogP contribution in [0.2, 0.25) is 0 Å². The largest absolute Gasteiger partial charge is 0.494 e. The van der Waals surface area contributed by atoms with Crippen molar-refractivity contribution in [3.8, 4) is 11.6 Å². The topological polar surface area (TPSA) is 62.3 Å². The molecule has 1 aromatic carbocycles. The highest BCUT2D eigenvalue weighted by molar-refractivity contribution is 5.69. The third-order valence-corrected chi connectivity index (χ3v) is 3.50. The van der Waals surface area contributed by atoms with Gasteiger partial charge in [0.1, 0.15) is 0 Å². The van der Waals surface area contributed by atoms with Crippen molar-refractivity contribution in [1.29, 1.82) is 0 Å². The fourth-order valence-electron chi connectivity index (χ4n) is 2.47. The van der Waals surface area contributed by atoms with Gasteiger partial charge in [-0.3, -0.25) is 9.78 Å². The van der Waals surface area contributed by atoms with Crippen LogP contribution < -0.4 is 20.7 Å². The molecule has 0 saturated carbocycles. The van der Waals surface area contributed by atoms with E-state index in [-0.39, 0.29) is 17.2 Å². The summed E-state index contributed by atoms with van der Waals surface area (Å²) in [6.45, 7) is 0.